The van der Waals surface area contributed by atoms with Crippen LogP contribution in [0.3, 0.4) is 0 Å². The summed E-state index contributed by atoms with van der Waals surface area (Å²) in [6.45, 7) is 3.82. The average molecular weight is 647 g/mol. The van der Waals surface area contributed by atoms with Gasteiger partial charge in [-0.3, -0.25) is 14.6 Å². The van der Waals surface area contributed by atoms with Crippen LogP contribution < -0.4 is 22.2 Å². The predicted molar refractivity (Wildman–Crippen MR) is 176 cm³/mol. The molecule has 4 aromatic rings. The molecule has 0 fully saturated rings. The molecule has 12 nitrogen and oxygen atoms in total. The van der Waals surface area contributed by atoms with E-state index in [-0.39, 0.29) is 30.4 Å². The molecule has 0 atom stereocenters. The third-order valence-corrected chi connectivity index (χ3v) is 7.83. The number of esters is 2. The lowest BCUT2D eigenvalue weighted by atomic mass is 10.1. The van der Waals surface area contributed by atoms with Gasteiger partial charge in [-0.25, -0.2) is 19.6 Å². The zero-order chi connectivity index (χ0) is 33.1. The predicted octanol–water partition coefficient (Wildman–Crippen LogP) is 3.31. The smallest absolute Gasteiger partial charge is 0.345 e. The average Bonchev–Trinajstić information content (AvgIpc) is 3.63. The molecule has 242 valence electrons. The zero-order valence-electron chi connectivity index (χ0n) is 26.0. The van der Waals surface area contributed by atoms with E-state index >= 15 is 0 Å². The van der Waals surface area contributed by atoms with Crippen LogP contribution in [0.4, 0.5) is 5.95 Å². The van der Waals surface area contributed by atoms with Gasteiger partial charge in [0.1, 0.15) is 11.1 Å². The van der Waals surface area contributed by atoms with Crippen molar-refractivity contribution in [2.24, 2.45) is 5.73 Å². The summed E-state index contributed by atoms with van der Waals surface area (Å²) in [4.78, 5) is 59.0. The number of ether oxygens (including phenoxy) is 2. The molecule has 0 radical (unpaired) electrons. The van der Waals surface area contributed by atoms with Crippen LogP contribution in [0.15, 0.2) is 75.7 Å². The van der Waals surface area contributed by atoms with Crippen LogP contribution in [0, 0.1) is 0 Å². The number of hydrogen-bond donors (Lipinski definition) is 4. The van der Waals surface area contributed by atoms with Gasteiger partial charge in [-0.2, -0.15) is 0 Å². The Kier molecular flexibility index (Phi) is 12.3. The van der Waals surface area contributed by atoms with Gasteiger partial charge in [-0.05, 0) is 68.0 Å². The van der Waals surface area contributed by atoms with E-state index in [1.165, 1.54) is 46.4 Å². The molecule has 0 amide bonds. The highest BCUT2D eigenvalue weighted by Gasteiger charge is 2.22. The zero-order valence-corrected chi connectivity index (χ0v) is 26.8. The number of carbonyl (C=O) groups excluding carboxylic acids is 2. The van der Waals surface area contributed by atoms with Crippen molar-refractivity contribution >= 4 is 29.6 Å². The summed E-state index contributed by atoms with van der Waals surface area (Å²) in [5, 5.41) is 3.68. The number of rotatable bonds is 7. The number of benzene rings is 2. The van der Waals surface area contributed by atoms with E-state index in [1.54, 1.807) is 20.1 Å². The van der Waals surface area contributed by atoms with Gasteiger partial charge < -0.3 is 25.5 Å². The maximum Gasteiger partial charge on any atom is 0.345 e. The Morgan fingerprint density at radius 3 is 1.70 bits per heavy atom. The fourth-order valence-electron chi connectivity index (χ4n) is 5.11. The van der Waals surface area contributed by atoms with Crippen LogP contribution >= 0.6 is 11.8 Å². The number of carbonyl (C=O) groups is 2. The number of aromatic nitrogens is 4. The Balaban J connectivity index is 0.000000171. The summed E-state index contributed by atoms with van der Waals surface area (Å²) < 4.78 is 9.48. The molecule has 6 rings (SSSR count). The van der Waals surface area contributed by atoms with Crippen molar-refractivity contribution in [2.45, 2.75) is 56.8 Å². The van der Waals surface area contributed by atoms with Crippen LogP contribution in [0.5, 0.6) is 0 Å². The van der Waals surface area contributed by atoms with Crippen molar-refractivity contribution < 1.29 is 19.1 Å². The molecule has 13 heteroatoms. The van der Waals surface area contributed by atoms with Crippen LogP contribution in [-0.2, 0) is 35.2 Å². The minimum atomic E-state index is -0.656. The molecule has 2 aromatic carbocycles. The van der Waals surface area contributed by atoms with Gasteiger partial charge in [0.15, 0.2) is 5.16 Å². The Hall–Kier alpha value is -4.75. The fourth-order valence-corrected chi connectivity index (χ4v) is 5.46. The standard InChI is InChI=1S/C16H17N3O3.C9H11N.C8H10N2O3S/c1-2-22-15(21)13-9-17-16(19-14(13)20)18-12-7-10-5-3-4-6-11(10)8-12;10-9-5-7-3-1-2-4-8(7)6-9;1-3-13-7(12)5-4-9-8(14-2)10-6(5)11/h3-6,9,12H,2,7-8H2,1H3,(H2,17,18,19,20);1-4,9H,5-6,10H2;4H,3H2,1-2H3,(H,9,10,11). The van der Waals surface area contributed by atoms with Crippen molar-refractivity contribution in [1.29, 1.82) is 0 Å². The Labute approximate surface area is 270 Å². The molecule has 5 N–H and O–H groups in total. The molecule has 0 saturated heterocycles. The van der Waals surface area contributed by atoms with Crippen LogP contribution in [0.2, 0.25) is 0 Å². The molecular weight excluding hydrogens is 608 g/mol. The second kappa shape index (κ2) is 16.5. The maximum atomic E-state index is 11.9. The van der Waals surface area contributed by atoms with Gasteiger partial charge in [-0.1, -0.05) is 60.3 Å². The summed E-state index contributed by atoms with van der Waals surface area (Å²) in [5.41, 5.74) is 10.2. The largest absolute Gasteiger partial charge is 0.462 e. The SMILES string of the molecule is CCOC(=O)c1cnc(NC2Cc3ccccc3C2)[nH]c1=O.CCOC(=O)c1cnc(SC)[nH]c1=O.NC1Cc2ccccc2C1. The number of thioether (sulfide) groups is 1. The first-order chi connectivity index (χ1) is 22.2. The van der Waals surface area contributed by atoms with E-state index in [0.29, 0.717) is 17.1 Å². The van der Waals surface area contributed by atoms with E-state index in [9.17, 15) is 19.2 Å². The summed E-state index contributed by atoms with van der Waals surface area (Å²) in [7, 11) is 0. The highest BCUT2D eigenvalue weighted by atomic mass is 32.2. The minimum absolute atomic E-state index is 0.0651. The molecule has 0 aliphatic heterocycles. The van der Waals surface area contributed by atoms with Gasteiger partial charge >= 0.3 is 11.9 Å². The quantitative estimate of drug-likeness (QED) is 0.131. The number of H-pyrrole nitrogens is 2. The number of nitrogens with zero attached hydrogens (tertiary/aromatic N) is 2. The molecule has 46 heavy (non-hydrogen) atoms. The topological polar surface area (TPSA) is 182 Å². The normalized spacial score (nSPS) is 13.3. The van der Waals surface area contributed by atoms with Gasteiger partial charge in [0, 0.05) is 18.3 Å². The summed E-state index contributed by atoms with van der Waals surface area (Å²) >= 11 is 1.30. The summed E-state index contributed by atoms with van der Waals surface area (Å²) in [6.07, 6.45) is 8.16. The highest BCUT2D eigenvalue weighted by molar-refractivity contribution is 7.98. The lowest BCUT2D eigenvalue weighted by Crippen LogP contribution is -2.26. The van der Waals surface area contributed by atoms with Crippen molar-refractivity contribution in [1.82, 2.24) is 19.9 Å². The van der Waals surface area contributed by atoms with Crippen molar-refractivity contribution in [3.63, 3.8) is 0 Å². The first-order valence-electron chi connectivity index (χ1n) is 14.9. The van der Waals surface area contributed by atoms with Gasteiger partial charge in [0.25, 0.3) is 11.1 Å². The first-order valence-corrected chi connectivity index (χ1v) is 16.2. The Morgan fingerprint density at radius 1 is 0.804 bits per heavy atom. The van der Waals surface area contributed by atoms with Crippen LogP contribution in [-0.4, -0.2) is 63.4 Å². The molecule has 2 aliphatic carbocycles. The van der Waals surface area contributed by atoms with Gasteiger partial charge in [-0.15, -0.1) is 0 Å². The molecule has 0 spiro atoms. The molecule has 2 aromatic heterocycles. The van der Waals surface area contributed by atoms with E-state index < -0.39 is 23.1 Å². The third kappa shape index (κ3) is 9.14. The molecular formula is C33H38N6O6S. The molecule has 2 heterocycles. The maximum absolute atomic E-state index is 11.9. The van der Waals surface area contributed by atoms with E-state index in [4.69, 9.17) is 10.5 Å². The second-order valence-corrected chi connectivity index (χ2v) is 11.3. The lowest BCUT2D eigenvalue weighted by Gasteiger charge is -2.12. The van der Waals surface area contributed by atoms with Crippen LogP contribution in [0.25, 0.3) is 0 Å². The third-order valence-electron chi connectivity index (χ3n) is 7.23. The van der Waals surface area contributed by atoms with E-state index in [1.807, 2.05) is 12.1 Å². The fraction of sp³-hybridized carbons (Fsp3) is 0.333. The Bertz CT molecular complexity index is 1720. The molecule has 2 aliphatic rings. The van der Waals surface area contributed by atoms with Crippen LogP contribution in [0.1, 0.15) is 56.8 Å². The van der Waals surface area contributed by atoms with E-state index in [0.717, 1.165) is 25.7 Å². The number of nitrogens with one attached hydrogen (secondary N) is 3. The monoisotopic (exact) mass is 646 g/mol. The number of aromatic amines is 2. The highest BCUT2D eigenvalue weighted by Crippen LogP contribution is 2.23. The van der Waals surface area contributed by atoms with Crippen molar-refractivity contribution in [2.75, 3.05) is 24.8 Å². The van der Waals surface area contributed by atoms with Crippen molar-refractivity contribution in [3.8, 4) is 0 Å². The molecule has 0 unspecified atom stereocenters. The number of nitrogens with two attached hydrogens (primary N) is 1. The lowest BCUT2D eigenvalue weighted by molar-refractivity contribution is 0.0514. The first kappa shape index (κ1) is 34.1. The Morgan fingerprint density at radius 2 is 1.26 bits per heavy atom. The number of hydrogen-bond acceptors (Lipinski definition) is 11. The summed E-state index contributed by atoms with van der Waals surface area (Å²) in [5.74, 6) is -0.930. The van der Waals surface area contributed by atoms with E-state index in [2.05, 4.69) is 66.4 Å². The minimum Gasteiger partial charge on any atom is -0.462 e. The van der Waals surface area contributed by atoms with Gasteiger partial charge in [0.2, 0.25) is 5.95 Å². The number of fused-ring (bicyclic) bond motifs is 2. The number of anilines is 1. The molecule has 0 bridgehead atoms. The molecule has 0 saturated carbocycles. The van der Waals surface area contributed by atoms with Crippen molar-refractivity contribution in [3.05, 3.63) is 115 Å². The summed E-state index contributed by atoms with van der Waals surface area (Å²) in [6, 6.07) is 17.3. The van der Waals surface area contributed by atoms with Gasteiger partial charge in [0.05, 0.1) is 19.4 Å². The second-order valence-electron chi connectivity index (χ2n) is 10.5.